The van der Waals surface area contributed by atoms with Crippen LogP contribution in [0.5, 0.6) is 5.75 Å². The number of esters is 1. The highest BCUT2D eigenvalue weighted by atomic mass is 127. The van der Waals surface area contributed by atoms with E-state index in [1.165, 1.54) is 0 Å². The molecule has 1 heterocycles. The molecule has 8 nitrogen and oxygen atoms in total. The maximum Gasteiger partial charge on any atom is 0.330 e. The molecule has 0 bridgehead atoms. The molecule has 0 saturated heterocycles. The Labute approximate surface area is 257 Å². The molecule has 0 spiro atoms. The molecule has 0 aliphatic carbocycles. The van der Waals surface area contributed by atoms with Crippen LogP contribution in [-0.4, -0.2) is 47.8 Å². The minimum absolute atomic E-state index is 0.302. The highest BCUT2D eigenvalue weighted by Gasteiger charge is 2.47. The van der Waals surface area contributed by atoms with Crippen molar-refractivity contribution >= 4 is 120 Å². The van der Waals surface area contributed by atoms with E-state index in [0.717, 1.165) is 12.0 Å². The van der Waals surface area contributed by atoms with E-state index in [1.807, 2.05) is 6.92 Å². The molecular weight excluding hydrogens is 908 g/mol. The molecule has 2 aromatic carbocycles. The Morgan fingerprint density at radius 2 is 1.43 bits per heavy atom. The molecule has 186 valence electrons. The summed E-state index contributed by atoms with van der Waals surface area (Å²) in [4.78, 5) is 53.0. The van der Waals surface area contributed by atoms with Crippen molar-refractivity contribution in [1.29, 1.82) is 0 Å². The number of amides is 3. The first-order chi connectivity index (χ1) is 16.5. The summed E-state index contributed by atoms with van der Waals surface area (Å²) in [6.07, 6.45) is 0. The zero-order valence-electron chi connectivity index (χ0n) is 18.8. The molecule has 12 heteroatoms. The lowest BCUT2D eigenvalue weighted by molar-refractivity contribution is -0.152. The van der Waals surface area contributed by atoms with Gasteiger partial charge >= 0.3 is 5.97 Å². The normalized spacial score (nSPS) is 13.7. The number of nitrogens with zero attached hydrogens (tertiary/aromatic N) is 1. The Hall–Kier alpha value is -0.760. The van der Waals surface area contributed by atoms with Gasteiger partial charge in [-0.2, -0.15) is 0 Å². The number of carbonyl (C=O) groups excluding carboxylic acids is 4. The average molecular weight is 928 g/mol. The van der Waals surface area contributed by atoms with Crippen molar-refractivity contribution in [3.05, 3.63) is 49.7 Å². The number of ether oxygens (including phenoxy) is 2. The Bertz CT molecular complexity index is 1150. The first-order valence-corrected chi connectivity index (χ1v) is 14.7. The lowest BCUT2D eigenvalue weighted by atomic mass is 10.0. The van der Waals surface area contributed by atoms with E-state index in [4.69, 9.17) is 9.47 Å². The Balaban J connectivity index is 1.75. The second-order valence-corrected chi connectivity index (χ2v) is 12.1. The van der Waals surface area contributed by atoms with Gasteiger partial charge in [-0.25, -0.2) is 4.79 Å². The molecule has 0 aromatic heterocycles. The quantitative estimate of drug-likeness (QED) is 0.127. The van der Waals surface area contributed by atoms with E-state index < -0.39 is 42.3 Å². The number of anilines is 1. The predicted octanol–water partition coefficient (Wildman–Crippen LogP) is 5.31. The fourth-order valence-electron chi connectivity index (χ4n) is 3.52. The van der Waals surface area contributed by atoms with Crippen molar-refractivity contribution in [2.45, 2.75) is 26.8 Å². The third-order valence-corrected chi connectivity index (χ3v) is 12.5. The molecule has 1 aliphatic heterocycles. The summed E-state index contributed by atoms with van der Waals surface area (Å²) in [5.74, 6) is -2.17. The van der Waals surface area contributed by atoms with E-state index in [9.17, 15) is 19.2 Å². The second-order valence-electron chi connectivity index (χ2n) is 7.79. The van der Waals surface area contributed by atoms with E-state index in [0.29, 0.717) is 36.3 Å². The maximum absolute atomic E-state index is 13.3. The number of nitrogens with one attached hydrogen (secondary N) is 1. The molecule has 2 aromatic rings. The van der Waals surface area contributed by atoms with Crippen LogP contribution in [0.4, 0.5) is 5.69 Å². The number of hydrogen-bond acceptors (Lipinski definition) is 6. The summed E-state index contributed by atoms with van der Waals surface area (Å²) in [5.41, 5.74) is 1.12. The van der Waals surface area contributed by atoms with Gasteiger partial charge in [-0.1, -0.05) is 13.8 Å². The first kappa shape index (κ1) is 28.8. The van der Waals surface area contributed by atoms with Crippen molar-refractivity contribution < 1.29 is 28.7 Å². The lowest BCUT2D eigenvalue weighted by Crippen LogP contribution is -2.49. The van der Waals surface area contributed by atoms with Crippen molar-refractivity contribution in [2.75, 3.05) is 18.5 Å². The molecule has 1 N–H and O–H groups in total. The molecular formula is C23H20I4N2O6. The van der Waals surface area contributed by atoms with Crippen LogP contribution in [0, 0.1) is 20.2 Å². The molecule has 1 atom stereocenters. The van der Waals surface area contributed by atoms with Gasteiger partial charge in [-0.3, -0.25) is 19.3 Å². The summed E-state index contributed by atoms with van der Waals surface area (Å²) in [5, 5.41) is 2.64. The van der Waals surface area contributed by atoms with Crippen LogP contribution in [0.15, 0.2) is 24.3 Å². The van der Waals surface area contributed by atoms with Gasteiger partial charge in [0.25, 0.3) is 17.7 Å². The van der Waals surface area contributed by atoms with Crippen molar-refractivity contribution in [3.8, 4) is 5.75 Å². The van der Waals surface area contributed by atoms with Gasteiger partial charge in [0.05, 0.1) is 17.7 Å². The summed E-state index contributed by atoms with van der Waals surface area (Å²) in [6.45, 7) is 5.29. The average Bonchev–Trinajstić information content (AvgIpc) is 3.06. The number of halogens is 4. The van der Waals surface area contributed by atoms with Crippen molar-refractivity contribution in [3.63, 3.8) is 0 Å². The molecule has 0 fully saturated rings. The number of imide groups is 1. The fraction of sp³-hybridized carbons (Fsp3) is 0.304. The fourth-order valence-corrected chi connectivity index (χ4v) is 7.17. The Kier molecular flexibility index (Phi) is 10.0. The van der Waals surface area contributed by atoms with E-state index in [-0.39, 0.29) is 0 Å². The number of benzene rings is 2. The third-order valence-electron chi connectivity index (χ3n) is 5.08. The summed E-state index contributed by atoms with van der Waals surface area (Å²) >= 11 is 8.41. The van der Waals surface area contributed by atoms with Gasteiger partial charge in [-0.15, -0.1) is 0 Å². The third kappa shape index (κ3) is 6.05. The van der Waals surface area contributed by atoms with Crippen molar-refractivity contribution in [1.82, 2.24) is 4.90 Å². The molecule has 1 aliphatic rings. The number of rotatable bonds is 8. The Morgan fingerprint density at radius 3 is 1.89 bits per heavy atom. The molecule has 3 rings (SSSR count). The van der Waals surface area contributed by atoms with E-state index in [2.05, 4.69) is 95.7 Å². The van der Waals surface area contributed by atoms with Crippen LogP contribution in [0.1, 0.15) is 41.5 Å². The van der Waals surface area contributed by atoms with Gasteiger partial charge in [0.1, 0.15) is 11.8 Å². The first-order valence-electron chi connectivity index (χ1n) is 10.4. The van der Waals surface area contributed by atoms with Crippen LogP contribution >= 0.6 is 90.4 Å². The zero-order valence-corrected chi connectivity index (χ0v) is 27.4. The molecule has 0 unspecified atom stereocenters. The number of hydrogen-bond donors (Lipinski definition) is 1. The monoisotopic (exact) mass is 928 g/mol. The Morgan fingerprint density at radius 1 is 0.914 bits per heavy atom. The minimum Gasteiger partial charge on any atom is -0.494 e. The van der Waals surface area contributed by atoms with Crippen molar-refractivity contribution in [2.24, 2.45) is 5.92 Å². The molecule has 0 saturated carbocycles. The van der Waals surface area contributed by atoms with Gasteiger partial charge in [0.2, 0.25) is 0 Å². The molecule has 3 amide bonds. The topological polar surface area (TPSA) is 102 Å². The summed E-state index contributed by atoms with van der Waals surface area (Å²) in [6, 6.07) is 5.61. The van der Waals surface area contributed by atoms with Crippen LogP contribution < -0.4 is 10.1 Å². The number of fused-ring (bicyclic) bond motifs is 1. The minimum atomic E-state index is -1.16. The molecule has 0 radical (unpaired) electrons. The lowest BCUT2D eigenvalue weighted by Gasteiger charge is -2.27. The summed E-state index contributed by atoms with van der Waals surface area (Å²) in [7, 11) is 0. The van der Waals surface area contributed by atoms with Crippen LogP contribution in [0.3, 0.4) is 0 Å². The van der Waals surface area contributed by atoms with E-state index >= 15 is 0 Å². The highest BCUT2D eigenvalue weighted by Crippen LogP contribution is 2.39. The van der Waals surface area contributed by atoms with Gasteiger partial charge in [-0.05, 0) is 127 Å². The highest BCUT2D eigenvalue weighted by molar-refractivity contribution is 14.1. The van der Waals surface area contributed by atoms with Gasteiger partial charge < -0.3 is 14.8 Å². The predicted molar refractivity (Wildman–Crippen MR) is 164 cm³/mol. The SMILES string of the molecule is CCOc1ccc(NC(=O)COC(=O)[C@H](C(C)C)N2C(=O)c3c(I)c(I)c(I)c(I)c3C2=O)cc1. The maximum atomic E-state index is 13.3. The second kappa shape index (κ2) is 12.2. The number of carbonyl (C=O) groups is 4. The van der Waals surface area contributed by atoms with Crippen LogP contribution in [-0.2, 0) is 14.3 Å². The smallest absolute Gasteiger partial charge is 0.330 e. The van der Waals surface area contributed by atoms with Gasteiger partial charge in [0.15, 0.2) is 6.61 Å². The van der Waals surface area contributed by atoms with Crippen LogP contribution in [0.25, 0.3) is 0 Å². The zero-order chi connectivity index (χ0) is 26.0. The summed E-state index contributed by atoms with van der Waals surface area (Å²) < 4.78 is 13.7. The van der Waals surface area contributed by atoms with Gasteiger partial charge in [0, 0.05) is 20.0 Å². The standard InChI is InChI=1S/C23H20I4N2O6/c1-4-34-12-7-5-11(6-8-12)28-13(30)9-35-23(33)20(10(2)3)29-21(31)14-15(22(29)32)17(25)19(27)18(26)16(14)24/h5-8,10,20H,4,9H2,1-3H3,(H,28,30)/t20-/m0/s1. The van der Waals surface area contributed by atoms with E-state index in [1.54, 1.807) is 38.1 Å². The molecule has 35 heavy (non-hydrogen) atoms. The largest absolute Gasteiger partial charge is 0.494 e. The van der Waals surface area contributed by atoms with Crippen LogP contribution in [0.2, 0.25) is 0 Å².